The second-order valence-electron chi connectivity index (χ2n) is 5.21. The van der Waals surface area contributed by atoms with Crippen LogP contribution in [0.1, 0.15) is 12.0 Å². The Morgan fingerprint density at radius 1 is 0.950 bits per heavy atom. The van der Waals surface area contributed by atoms with Gasteiger partial charge >= 0.3 is 0 Å². The fourth-order valence-corrected chi connectivity index (χ4v) is 2.49. The van der Waals surface area contributed by atoms with Gasteiger partial charge in [-0.05, 0) is 43.0 Å². The first kappa shape index (κ1) is 12.8. The number of hydrogen-bond acceptors (Lipinski definition) is 1. The minimum atomic E-state index is 0.996. The molecule has 0 spiro atoms. The van der Waals surface area contributed by atoms with Gasteiger partial charge in [0, 0.05) is 30.5 Å². The molecule has 0 radical (unpaired) electrons. The maximum absolute atomic E-state index is 3.47. The van der Waals surface area contributed by atoms with Crippen LogP contribution in [0.4, 0.5) is 5.69 Å². The van der Waals surface area contributed by atoms with E-state index in [0.29, 0.717) is 0 Å². The molecule has 0 unspecified atom stereocenters. The zero-order valence-corrected chi connectivity index (χ0v) is 11.8. The lowest BCUT2D eigenvalue weighted by Gasteiger charge is -2.08. The van der Waals surface area contributed by atoms with Gasteiger partial charge in [-0.25, -0.2) is 0 Å². The lowest BCUT2D eigenvalue weighted by Crippen LogP contribution is -2.06. The Morgan fingerprint density at radius 3 is 2.60 bits per heavy atom. The van der Waals surface area contributed by atoms with E-state index in [9.17, 15) is 0 Å². The molecule has 0 aliphatic rings. The molecule has 1 heterocycles. The third kappa shape index (κ3) is 2.85. The highest BCUT2D eigenvalue weighted by molar-refractivity contribution is 5.79. The summed E-state index contributed by atoms with van der Waals surface area (Å²) in [5, 5.41) is 4.79. The van der Waals surface area contributed by atoms with E-state index in [1.807, 2.05) is 0 Å². The van der Waals surface area contributed by atoms with Gasteiger partial charge in [0.1, 0.15) is 0 Å². The van der Waals surface area contributed by atoms with Crippen molar-refractivity contribution in [2.24, 2.45) is 0 Å². The number of benzene rings is 2. The standard InChI is InChI=1S/C18H20N2/c1-15-7-9-17(10-8-15)19-12-4-13-20-14-11-16-5-2-3-6-18(16)20/h2-3,5-11,14,19H,4,12-13H2,1H3. The van der Waals surface area contributed by atoms with Crippen LogP contribution < -0.4 is 5.32 Å². The van der Waals surface area contributed by atoms with Crippen molar-refractivity contribution in [3.63, 3.8) is 0 Å². The molecule has 0 saturated heterocycles. The van der Waals surface area contributed by atoms with Crippen molar-refractivity contribution in [3.05, 3.63) is 66.4 Å². The molecule has 0 aliphatic carbocycles. The number of aromatic nitrogens is 1. The van der Waals surface area contributed by atoms with Crippen LogP contribution in [0.15, 0.2) is 60.8 Å². The molecular formula is C18H20N2. The number of aryl methyl sites for hydroxylation is 2. The molecule has 0 amide bonds. The summed E-state index contributed by atoms with van der Waals surface area (Å²) >= 11 is 0. The Labute approximate surface area is 120 Å². The smallest absolute Gasteiger partial charge is 0.0480 e. The number of nitrogens with zero attached hydrogens (tertiary/aromatic N) is 1. The van der Waals surface area contributed by atoms with Crippen molar-refractivity contribution < 1.29 is 0 Å². The summed E-state index contributed by atoms with van der Waals surface area (Å²) in [4.78, 5) is 0. The summed E-state index contributed by atoms with van der Waals surface area (Å²) in [6.07, 6.45) is 3.29. The van der Waals surface area contributed by atoms with Crippen LogP contribution in [-0.4, -0.2) is 11.1 Å². The van der Waals surface area contributed by atoms with Gasteiger partial charge in [0.15, 0.2) is 0 Å². The average Bonchev–Trinajstić information content (AvgIpc) is 2.89. The average molecular weight is 264 g/mol. The fourth-order valence-electron chi connectivity index (χ4n) is 2.49. The van der Waals surface area contributed by atoms with Crippen LogP contribution in [-0.2, 0) is 6.54 Å². The molecule has 2 heteroatoms. The zero-order valence-electron chi connectivity index (χ0n) is 11.8. The highest BCUT2D eigenvalue weighted by Gasteiger charge is 1.99. The largest absolute Gasteiger partial charge is 0.385 e. The van der Waals surface area contributed by atoms with Crippen molar-refractivity contribution >= 4 is 16.6 Å². The summed E-state index contributed by atoms with van der Waals surface area (Å²) in [5.41, 5.74) is 3.82. The molecule has 0 aliphatic heterocycles. The summed E-state index contributed by atoms with van der Waals surface area (Å²) < 4.78 is 2.33. The second-order valence-corrected chi connectivity index (χ2v) is 5.21. The van der Waals surface area contributed by atoms with Crippen molar-refractivity contribution in [1.29, 1.82) is 0 Å². The van der Waals surface area contributed by atoms with E-state index in [4.69, 9.17) is 0 Å². The molecule has 0 bridgehead atoms. The highest BCUT2D eigenvalue weighted by atomic mass is 15.0. The Bertz CT molecular complexity index is 680. The molecule has 0 atom stereocenters. The monoisotopic (exact) mass is 264 g/mol. The maximum Gasteiger partial charge on any atom is 0.0480 e. The molecule has 2 nitrogen and oxygen atoms in total. The Balaban J connectivity index is 1.54. The van der Waals surface area contributed by atoms with Gasteiger partial charge in [-0.1, -0.05) is 35.9 Å². The second kappa shape index (κ2) is 5.83. The number of nitrogens with one attached hydrogen (secondary N) is 1. The first-order valence-corrected chi connectivity index (χ1v) is 7.17. The lowest BCUT2D eigenvalue weighted by atomic mass is 10.2. The van der Waals surface area contributed by atoms with Crippen molar-refractivity contribution in [2.75, 3.05) is 11.9 Å². The highest BCUT2D eigenvalue weighted by Crippen LogP contribution is 2.15. The third-order valence-electron chi connectivity index (χ3n) is 3.64. The van der Waals surface area contributed by atoms with Crippen molar-refractivity contribution in [2.45, 2.75) is 19.9 Å². The molecule has 3 rings (SSSR count). The van der Waals surface area contributed by atoms with Crippen LogP contribution in [0.2, 0.25) is 0 Å². The van der Waals surface area contributed by atoms with Gasteiger partial charge in [-0.2, -0.15) is 0 Å². The van der Waals surface area contributed by atoms with E-state index < -0.39 is 0 Å². The molecule has 3 aromatic rings. The predicted octanol–water partition coefficient (Wildman–Crippen LogP) is 4.45. The Kier molecular flexibility index (Phi) is 3.73. The van der Waals surface area contributed by atoms with Gasteiger partial charge in [0.2, 0.25) is 0 Å². The summed E-state index contributed by atoms with van der Waals surface area (Å²) in [5.74, 6) is 0. The molecule has 1 aromatic heterocycles. The van der Waals surface area contributed by atoms with Gasteiger partial charge in [0.25, 0.3) is 0 Å². The van der Waals surface area contributed by atoms with Crippen LogP contribution >= 0.6 is 0 Å². The van der Waals surface area contributed by atoms with Gasteiger partial charge < -0.3 is 9.88 Å². The number of para-hydroxylation sites is 1. The fraction of sp³-hybridized carbons (Fsp3) is 0.222. The maximum atomic E-state index is 3.47. The third-order valence-corrected chi connectivity index (χ3v) is 3.64. The summed E-state index contributed by atoms with van der Waals surface area (Å²) in [7, 11) is 0. The Morgan fingerprint density at radius 2 is 1.75 bits per heavy atom. The molecule has 102 valence electrons. The van der Waals surface area contributed by atoms with Crippen molar-refractivity contribution in [1.82, 2.24) is 4.57 Å². The normalized spacial score (nSPS) is 10.8. The van der Waals surface area contributed by atoms with E-state index in [1.165, 1.54) is 22.2 Å². The van der Waals surface area contributed by atoms with Crippen LogP contribution in [0, 0.1) is 6.92 Å². The topological polar surface area (TPSA) is 17.0 Å². The summed E-state index contributed by atoms with van der Waals surface area (Å²) in [6.45, 7) is 4.16. The van der Waals surface area contributed by atoms with Crippen LogP contribution in [0.5, 0.6) is 0 Å². The van der Waals surface area contributed by atoms with E-state index in [-0.39, 0.29) is 0 Å². The van der Waals surface area contributed by atoms with E-state index in [2.05, 4.69) is 77.6 Å². The summed E-state index contributed by atoms with van der Waals surface area (Å²) in [6, 6.07) is 19.3. The van der Waals surface area contributed by atoms with Gasteiger partial charge in [-0.15, -0.1) is 0 Å². The molecule has 2 aromatic carbocycles. The van der Waals surface area contributed by atoms with E-state index in [1.54, 1.807) is 0 Å². The number of rotatable bonds is 5. The molecule has 1 N–H and O–H groups in total. The predicted molar refractivity (Wildman–Crippen MR) is 86.2 cm³/mol. The number of fused-ring (bicyclic) bond motifs is 1. The SMILES string of the molecule is Cc1ccc(NCCCn2ccc3ccccc32)cc1. The minimum absolute atomic E-state index is 0.996. The van der Waals surface area contributed by atoms with Crippen LogP contribution in [0.3, 0.4) is 0 Å². The molecule has 0 saturated carbocycles. The first-order chi connectivity index (χ1) is 9.83. The number of hydrogen-bond donors (Lipinski definition) is 1. The zero-order chi connectivity index (χ0) is 13.8. The van der Waals surface area contributed by atoms with Crippen LogP contribution in [0.25, 0.3) is 10.9 Å². The Hall–Kier alpha value is -2.22. The van der Waals surface area contributed by atoms with Gasteiger partial charge in [-0.3, -0.25) is 0 Å². The van der Waals surface area contributed by atoms with Crippen molar-refractivity contribution in [3.8, 4) is 0 Å². The molecule has 0 fully saturated rings. The van der Waals surface area contributed by atoms with E-state index >= 15 is 0 Å². The first-order valence-electron chi connectivity index (χ1n) is 7.17. The lowest BCUT2D eigenvalue weighted by molar-refractivity contribution is 0.683. The molecule has 20 heavy (non-hydrogen) atoms. The quantitative estimate of drug-likeness (QED) is 0.674. The number of anilines is 1. The van der Waals surface area contributed by atoms with Gasteiger partial charge in [0.05, 0.1) is 0 Å². The molecular weight excluding hydrogens is 244 g/mol. The van der Waals surface area contributed by atoms with E-state index in [0.717, 1.165) is 19.5 Å². The minimum Gasteiger partial charge on any atom is -0.385 e.